The fourth-order valence-electron chi connectivity index (χ4n) is 4.63. The number of rotatable bonds is 6. The normalized spacial score (nSPS) is 16.1. The molecular weight excluding hydrogens is 505 g/mol. The first kappa shape index (κ1) is 23.5. The van der Waals surface area contributed by atoms with Crippen LogP contribution in [0, 0.1) is 0 Å². The van der Waals surface area contributed by atoms with E-state index in [2.05, 4.69) is 36.3 Å². The molecule has 0 amide bonds. The van der Waals surface area contributed by atoms with Crippen LogP contribution in [0.5, 0.6) is 0 Å². The van der Waals surface area contributed by atoms with Crippen LogP contribution in [0.4, 0.5) is 23.3 Å². The molecule has 0 unspecified atom stereocenters. The number of anilines is 4. The maximum absolute atomic E-state index is 6.15. The molecule has 3 aromatic carbocycles. The van der Waals surface area contributed by atoms with Gasteiger partial charge in [-0.2, -0.15) is 20.2 Å². The van der Waals surface area contributed by atoms with Gasteiger partial charge in [-0.25, -0.2) is 0 Å². The Hall–Kier alpha value is -3.94. The molecule has 0 fully saturated rings. The highest BCUT2D eigenvalue weighted by Crippen LogP contribution is 2.28. The van der Waals surface area contributed by atoms with E-state index in [1.54, 1.807) is 6.07 Å². The van der Waals surface area contributed by atoms with Gasteiger partial charge in [0.05, 0.1) is 11.4 Å². The van der Waals surface area contributed by atoms with Crippen LogP contribution in [-0.4, -0.2) is 21.4 Å². The number of benzene rings is 3. The number of aryl methyl sites for hydroxylation is 2. The van der Waals surface area contributed by atoms with Crippen LogP contribution >= 0.6 is 23.2 Å². The lowest BCUT2D eigenvalue weighted by Crippen LogP contribution is -2.07. The lowest BCUT2D eigenvalue weighted by atomic mass is 10.1. The summed E-state index contributed by atoms with van der Waals surface area (Å²) in [6, 6.07) is 23.4. The topological polar surface area (TPSA) is 86.6 Å². The van der Waals surface area contributed by atoms with Gasteiger partial charge in [0.15, 0.2) is 11.6 Å². The van der Waals surface area contributed by atoms with Gasteiger partial charge in [0.1, 0.15) is 0 Å². The highest BCUT2D eigenvalue weighted by molar-refractivity contribution is 6.31. The summed E-state index contributed by atoms with van der Waals surface area (Å²) in [7, 11) is 0. The van der Waals surface area contributed by atoms with Crippen molar-refractivity contribution in [1.29, 1.82) is 0 Å². The summed E-state index contributed by atoms with van der Waals surface area (Å²) in [6.07, 6.45) is 3.51. The molecule has 7 nitrogen and oxygen atoms in total. The van der Waals surface area contributed by atoms with Crippen LogP contribution in [0.3, 0.4) is 0 Å². The van der Waals surface area contributed by atoms with Crippen LogP contribution in [0.25, 0.3) is 0 Å². The first-order valence-corrected chi connectivity index (χ1v) is 12.8. The van der Waals surface area contributed by atoms with Crippen molar-refractivity contribution in [2.75, 3.05) is 16.2 Å². The largest absolute Gasteiger partial charge is 0.324 e. The van der Waals surface area contributed by atoms with Gasteiger partial charge in [-0.1, -0.05) is 53.5 Å². The molecule has 0 aliphatic heterocycles. The van der Waals surface area contributed by atoms with E-state index in [1.165, 1.54) is 11.1 Å². The second-order valence-corrected chi connectivity index (χ2v) is 9.77. The third-order valence-electron chi connectivity index (χ3n) is 6.39. The Morgan fingerprint density at radius 3 is 1.70 bits per heavy atom. The highest BCUT2D eigenvalue weighted by Gasteiger charge is 2.19. The molecule has 9 heteroatoms. The van der Waals surface area contributed by atoms with Crippen molar-refractivity contribution >= 4 is 57.9 Å². The third-order valence-corrected chi connectivity index (χ3v) is 6.86. The predicted octanol–water partition coefficient (Wildman–Crippen LogP) is 7.05. The molecular formula is C28H23Cl2N7. The summed E-state index contributed by atoms with van der Waals surface area (Å²) in [5.41, 5.74) is 13.7. The van der Waals surface area contributed by atoms with Crippen LogP contribution < -0.4 is 16.2 Å². The number of hydrazone groups is 2. The van der Waals surface area contributed by atoms with E-state index in [0.717, 1.165) is 64.0 Å². The number of fused-ring (bicyclic) bond motifs is 2. The zero-order chi connectivity index (χ0) is 25.2. The zero-order valence-corrected chi connectivity index (χ0v) is 21.3. The molecule has 0 saturated heterocycles. The minimum Gasteiger partial charge on any atom is -0.324 e. The van der Waals surface area contributed by atoms with Crippen LogP contribution in [0.1, 0.15) is 35.1 Å². The Bertz CT molecular complexity index is 1440. The van der Waals surface area contributed by atoms with E-state index in [9.17, 15) is 0 Å². The molecule has 37 heavy (non-hydrogen) atoms. The molecule has 4 aromatic rings. The Labute approximate surface area is 224 Å². The van der Waals surface area contributed by atoms with E-state index < -0.39 is 0 Å². The molecule has 3 N–H and O–H groups in total. The first-order chi connectivity index (χ1) is 18.1. The monoisotopic (exact) mass is 527 g/mol. The van der Waals surface area contributed by atoms with Crippen molar-refractivity contribution in [3.8, 4) is 0 Å². The third kappa shape index (κ3) is 5.28. The molecule has 2 aliphatic rings. The van der Waals surface area contributed by atoms with Crippen molar-refractivity contribution in [2.45, 2.75) is 25.7 Å². The van der Waals surface area contributed by atoms with E-state index in [4.69, 9.17) is 23.2 Å². The molecule has 2 aliphatic carbocycles. The molecule has 0 saturated carbocycles. The minimum atomic E-state index is 0.427. The van der Waals surface area contributed by atoms with Crippen molar-refractivity contribution in [3.63, 3.8) is 0 Å². The standard InChI is InChI=1S/C28H23Cl2N7/c29-19-8-10-22-17(14-19)6-12-24(22)34-36-26-16-27(33-28(32-26)31-21-4-2-1-3-5-21)37-35-25-13-7-18-15-20(30)9-11-23(18)25/h1-5,8-11,14-16H,6-7,12-13H2,(H3,31,32,33,36,37). The lowest BCUT2D eigenvalue weighted by molar-refractivity contribution is 1.07. The van der Waals surface area contributed by atoms with Crippen LogP contribution in [-0.2, 0) is 12.8 Å². The predicted molar refractivity (Wildman–Crippen MR) is 152 cm³/mol. The SMILES string of the molecule is Clc1ccc2c(c1)CCC2=NNc1cc(NN=C2CCc3cc(Cl)ccc32)nc(Nc2ccccc2)n1. The van der Waals surface area contributed by atoms with Gasteiger partial charge in [-0.3, -0.25) is 10.9 Å². The molecule has 0 atom stereocenters. The van der Waals surface area contributed by atoms with Crippen LogP contribution in [0.2, 0.25) is 10.0 Å². The van der Waals surface area contributed by atoms with Gasteiger partial charge in [-0.05, 0) is 73.2 Å². The summed E-state index contributed by atoms with van der Waals surface area (Å²) >= 11 is 12.3. The van der Waals surface area contributed by atoms with Crippen molar-refractivity contribution in [3.05, 3.63) is 105 Å². The number of aromatic nitrogens is 2. The van der Waals surface area contributed by atoms with Crippen molar-refractivity contribution in [2.24, 2.45) is 10.2 Å². The fourth-order valence-corrected chi connectivity index (χ4v) is 5.02. The molecule has 0 spiro atoms. The first-order valence-electron chi connectivity index (χ1n) is 12.0. The minimum absolute atomic E-state index is 0.427. The average molecular weight is 528 g/mol. The molecule has 0 radical (unpaired) electrons. The number of para-hydroxylation sites is 1. The summed E-state index contributed by atoms with van der Waals surface area (Å²) in [5, 5.41) is 14.1. The van der Waals surface area contributed by atoms with Gasteiger partial charge in [0, 0.05) is 32.9 Å². The summed E-state index contributed by atoms with van der Waals surface area (Å²) < 4.78 is 0. The smallest absolute Gasteiger partial charge is 0.231 e. The maximum atomic E-state index is 6.15. The second kappa shape index (κ2) is 10.2. The summed E-state index contributed by atoms with van der Waals surface area (Å²) in [6.45, 7) is 0. The molecule has 1 heterocycles. The number of hydrogen-bond acceptors (Lipinski definition) is 7. The van der Waals surface area contributed by atoms with E-state index >= 15 is 0 Å². The Morgan fingerprint density at radius 2 is 1.16 bits per heavy atom. The Morgan fingerprint density at radius 1 is 0.622 bits per heavy atom. The molecule has 6 rings (SSSR count). The molecule has 184 valence electrons. The number of nitrogens with zero attached hydrogens (tertiary/aromatic N) is 4. The van der Waals surface area contributed by atoms with Gasteiger partial charge in [0.25, 0.3) is 0 Å². The van der Waals surface area contributed by atoms with E-state index in [1.807, 2.05) is 66.7 Å². The zero-order valence-electron chi connectivity index (χ0n) is 19.8. The number of nitrogens with one attached hydrogen (secondary N) is 3. The summed E-state index contributed by atoms with van der Waals surface area (Å²) in [5.74, 6) is 1.52. The van der Waals surface area contributed by atoms with Crippen LogP contribution in [0.15, 0.2) is 83.0 Å². The molecule has 0 bridgehead atoms. The maximum Gasteiger partial charge on any atom is 0.231 e. The van der Waals surface area contributed by atoms with Gasteiger partial charge in [-0.15, -0.1) is 0 Å². The highest BCUT2D eigenvalue weighted by atomic mass is 35.5. The number of hydrogen-bond donors (Lipinski definition) is 3. The number of halogens is 2. The average Bonchev–Trinajstić information content (AvgIpc) is 3.49. The second-order valence-electron chi connectivity index (χ2n) is 8.90. The van der Waals surface area contributed by atoms with E-state index in [-0.39, 0.29) is 0 Å². The van der Waals surface area contributed by atoms with Crippen molar-refractivity contribution < 1.29 is 0 Å². The van der Waals surface area contributed by atoms with Gasteiger partial charge in [0.2, 0.25) is 5.95 Å². The Balaban J connectivity index is 1.28. The van der Waals surface area contributed by atoms with Crippen molar-refractivity contribution in [1.82, 2.24) is 9.97 Å². The lowest BCUT2D eigenvalue weighted by Gasteiger charge is -2.10. The fraction of sp³-hybridized carbons (Fsp3) is 0.143. The summed E-state index contributed by atoms with van der Waals surface area (Å²) in [4.78, 5) is 9.24. The Kier molecular flexibility index (Phi) is 6.47. The van der Waals surface area contributed by atoms with Gasteiger partial charge < -0.3 is 5.32 Å². The van der Waals surface area contributed by atoms with E-state index in [0.29, 0.717) is 17.6 Å². The quantitative estimate of drug-likeness (QED) is 0.234. The molecule has 1 aromatic heterocycles. The van der Waals surface area contributed by atoms with Gasteiger partial charge >= 0.3 is 0 Å².